The van der Waals surface area contributed by atoms with Gasteiger partial charge in [-0.1, -0.05) is 12.1 Å². The van der Waals surface area contributed by atoms with Crippen molar-refractivity contribution in [2.45, 2.75) is 59.3 Å². The fourth-order valence-electron chi connectivity index (χ4n) is 4.44. The molecule has 1 fully saturated rings. The predicted molar refractivity (Wildman–Crippen MR) is 127 cm³/mol. The first-order valence-electron chi connectivity index (χ1n) is 11.8. The third kappa shape index (κ3) is 5.64. The average Bonchev–Trinajstić information content (AvgIpc) is 3.21. The number of rotatable bonds is 7. The predicted octanol–water partition coefficient (Wildman–Crippen LogP) is 2.48. The summed E-state index contributed by atoms with van der Waals surface area (Å²) in [5.41, 5.74) is 3.49. The zero-order chi connectivity index (χ0) is 25.1. The molecule has 0 aliphatic carbocycles. The van der Waals surface area contributed by atoms with E-state index < -0.39 is 0 Å². The molecule has 0 spiro atoms. The smallest absolute Gasteiger partial charge is 0.252 e. The highest BCUT2D eigenvalue weighted by molar-refractivity contribution is 5.85. The molecule has 3 heterocycles. The Balaban J connectivity index is 1.46. The lowest BCUT2D eigenvalue weighted by Crippen LogP contribution is -2.42. The fourth-order valence-corrected chi connectivity index (χ4v) is 4.44. The molecule has 35 heavy (non-hydrogen) atoms. The van der Waals surface area contributed by atoms with Crippen LogP contribution in [0.25, 0.3) is 5.78 Å². The molecule has 0 unspecified atom stereocenters. The van der Waals surface area contributed by atoms with Gasteiger partial charge in [0.25, 0.3) is 5.78 Å². The van der Waals surface area contributed by atoms with Crippen molar-refractivity contribution >= 4 is 17.6 Å². The topological polar surface area (TPSA) is 92.9 Å². The van der Waals surface area contributed by atoms with Crippen LogP contribution in [0.2, 0.25) is 0 Å². The molecule has 0 N–H and O–H groups in total. The molecule has 1 aliphatic heterocycles. The first-order chi connectivity index (χ1) is 16.7. The van der Waals surface area contributed by atoms with Crippen LogP contribution in [-0.4, -0.2) is 73.0 Å². The highest BCUT2D eigenvalue weighted by Gasteiger charge is 2.32. The molecule has 3 aromatic rings. The van der Waals surface area contributed by atoms with Crippen molar-refractivity contribution < 1.29 is 18.7 Å². The van der Waals surface area contributed by atoms with Gasteiger partial charge in [-0.25, -0.2) is 13.9 Å². The normalized spacial score (nSPS) is 16.9. The summed E-state index contributed by atoms with van der Waals surface area (Å²) >= 11 is 0. The third-order valence-electron chi connectivity index (χ3n) is 6.42. The summed E-state index contributed by atoms with van der Waals surface area (Å²) in [6, 6.07) is 6.11. The highest BCUT2D eigenvalue weighted by atomic mass is 19.1. The van der Waals surface area contributed by atoms with E-state index >= 15 is 0 Å². The van der Waals surface area contributed by atoms with E-state index in [1.807, 2.05) is 27.7 Å². The summed E-state index contributed by atoms with van der Waals surface area (Å²) in [4.78, 5) is 38.1. The second-order valence-electron chi connectivity index (χ2n) is 9.21. The number of hydrogen-bond acceptors (Lipinski definition) is 6. The number of halogens is 1. The number of ether oxygens (including phenoxy) is 1. The van der Waals surface area contributed by atoms with Gasteiger partial charge >= 0.3 is 0 Å². The van der Waals surface area contributed by atoms with Crippen LogP contribution in [0, 0.1) is 19.7 Å². The molecule has 1 saturated heterocycles. The summed E-state index contributed by atoms with van der Waals surface area (Å²) in [5.74, 6) is 0.0134. The van der Waals surface area contributed by atoms with Crippen LogP contribution >= 0.6 is 0 Å². The number of hydrogen-bond donors (Lipinski definition) is 0. The summed E-state index contributed by atoms with van der Waals surface area (Å²) < 4.78 is 21.0. The zero-order valence-corrected chi connectivity index (χ0v) is 20.6. The minimum absolute atomic E-state index is 0.0137. The van der Waals surface area contributed by atoms with Gasteiger partial charge in [0.1, 0.15) is 12.1 Å². The molecule has 0 saturated carbocycles. The van der Waals surface area contributed by atoms with E-state index in [9.17, 15) is 14.0 Å². The van der Waals surface area contributed by atoms with Crippen molar-refractivity contribution in [2.24, 2.45) is 0 Å². The molecular weight excluding hydrogens is 451 g/mol. The number of aryl methyl sites for hydroxylation is 2. The zero-order valence-electron chi connectivity index (χ0n) is 20.6. The standard InChI is InChI=1S/C25H31FN6O3/c1-16(2)31-12-21(35-14-19-5-7-20(26)8-6-19)11-30(13-24(31)34)23(33)10-9-22-17(3)29-25-27-15-28-32(25)18(22)4/h5-8,15-16,21H,9-14H2,1-4H3/t21-/m1/s1. The summed E-state index contributed by atoms with van der Waals surface area (Å²) in [7, 11) is 0. The lowest BCUT2D eigenvalue weighted by Gasteiger charge is -2.27. The number of benzene rings is 1. The Morgan fingerprint density at radius 2 is 1.94 bits per heavy atom. The molecule has 2 aromatic heterocycles. The maximum absolute atomic E-state index is 13.2. The van der Waals surface area contributed by atoms with Crippen LogP contribution < -0.4 is 0 Å². The minimum atomic E-state index is -0.352. The summed E-state index contributed by atoms with van der Waals surface area (Å²) in [5, 5.41) is 4.20. The van der Waals surface area contributed by atoms with Crippen molar-refractivity contribution in [1.29, 1.82) is 0 Å². The lowest BCUT2D eigenvalue weighted by molar-refractivity contribution is -0.139. The van der Waals surface area contributed by atoms with Crippen LogP contribution in [0.15, 0.2) is 30.6 Å². The van der Waals surface area contributed by atoms with E-state index in [-0.39, 0.29) is 49.3 Å². The lowest BCUT2D eigenvalue weighted by atomic mass is 10.1. The Morgan fingerprint density at radius 1 is 1.20 bits per heavy atom. The average molecular weight is 483 g/mol. The Labute approximate surface area is 203 Å². The van der Waals surface area contributed by atoms with E-state index in [0.717, 1.165) is 22.5 Å². The van der Waals surface area contributed by atoms with Gasteiger partial charge in [0, 0.05) is 36.9 Å². The van der Waals surface area contributed by atoms with Gasteiger partial charge < -0.3 is 14.5 Å². The van der Waals surface area contributed by atoms with E-state index in [1.165, 1.54) is 18.5 Å². The van der Waals surface area contributed by atoms with Crippen molar-refractivity contribution in [1.82, 2.24) is 29.4 Å². The Kier molecular flexibility index (Phi) is 7.39. The molecule has 0 bridgehead atoms. The Hall–Kier alpha value is -3.40. The van der Waals surface area contributed by atoms with Crippen molar-refractivity contribution in [2.75, 3.05) is 19.6 Å². The number of fused-ring (bicyclic) bond motifs is 1. The third-order valence-corrected chi connectivity index (χ3v) is 6.42. The fraction of sp³-hybridized carbons (Fsp3) is 0.480. The summed E-state index contributed by atoms with van der Waals surface area (Å²) in [6.07, 6.45) is 1.83. The van der Waals surface area contributed by atoms with Gasteiger partial charge in [-0.15, -0.1) is 0 Å². The molecular formula is C25H31FN6O3. The second kappa shape index (κ2) is 10.5. The maximum Gasteiger partial charge on any atom is 0.252 e. The molecule has 4 rings (SSSR count). The minimum Gasteiger partial charge on any atom is -0.370 e. The number of nitrogens with zero attached hydrogens (tertiary/aromatic N) is 6. The number of carbonyl (C=O) groups excluding carboxylic acids is 2. The second-order valence-corrected chi connectivity index (χ2v) is 9.21. The van der Waals surface area contributed by atoms with Crippen LogP contribution in [-0.2, 0) is 27.4 Å². The molecule has 10 heteroatoms. The van der Waals surface area contributed by atoms with Crippen molar-refractivity contribution in [3.63, 3.8) is 0 Å². The molecule has 1 aliphatic rings. The van der Waals surface area contributed by atoms with Gasteiger partial charge in [-0.3, -0.25) is 9.59 Å². The number of amides is 2. The molecule has 1 atom stereocenters. The van der Waals surface area contributed by atoms with Crippen molar-refractivity contribution in [3.05, 3.63) is 58.9 Å². The van der Waals surface area contributed by atoms with Gasteiger partial charge in [0.05, 0.1) is 19.3 Å². The van der Waals surface area contributed by atoms with Crippen LogP contribution in [0.5, 0.6) is 0 Å². The molecule has 0 radical (unpaired) electrons. The molecule has 9 nitrogen and oxygen atoms in total. The number of carbonyl (C=O) groups is 2. The van der Waals surface area contributed by atoms with Gasteiger partial charge in [0.2, 0.25) is 11.8 Å². The number of aromatic nitrogens is 4. The van der Waals surface area contributed by atoms with Crippen LogP contribution in [0.1, 0.15) is 42.8 Å². The molecule has 186 valence electrons. The van der Waals surface area contributed by atoms with Crippen LogP contribution in [0.3, 0.4) is 0 Å². The van der Waals surface area contributed by atoms with E-state index in [2.05, 4.69) is 15.1 Å². The Bertz CT molecular complexity index is 1210. The highest BCUT2D eigenvalue weighted by Crippen LogP contribution is 2.18. The van der Waals surface area contributed by atoms with E-state index in [0.29, 0.717) is 25.3 Å². The first kappa shape index (κ1) is 24.7. The molecule has 2 amide bonds. The SMILES string of the molecule is Cc1nc2ncnn2c(C)c1CCC(=O)N1CC(=O)N(C(C)C)C[C@H](OCc2ccc(F)cc2)C1. The van der Waals surface area contributed by atoms with Crippen LogP contribution in [0.4, 0.5) is 4.39 Å². The van der Waals surface area contributed by atoms with E-state index in [4.69, 9.17) is 4.74 Å². The van der Waals surface area contributed by atoms with Gasteiger partial charge in [-0.05, 0) is 57.4 Å². The largest absolute Gasteiger partial charge is 0.370 e. The monoisotopic (exact) mass is 482 g/mol. The summed E-state index contributed by atoms with van der Waals surface area (Å²) in [6.45, 7) is 8.74. The maximum atomic E-state index is 13.2. The quantitative estimate of drug-likeness (QED) is 0.514. The van der Waals surface area contributed by atoms with Gasteiger partial charge in [0.15, 0.2) is 0 Å². The van der Waals surface area contributed by atoms with Crippen molar-refractivity contribution in [3.8, 4) is 0 Å². The first-order valence-corrected chi connectivity index (χ1v) is 11.8. The Morgan fingerprint density at radius 3 is 2.66 bits per heavy atom. The van der Waals surface area contributed by atoms with E-state index in [1.54, 1.807) is 26.4 Å². The molecule has 1 aromatic carbocycles. The van der Waals surface area contributed by atoms with Gasteiger partial charge in [-0.2, -0.15) is 10.1 Å².